The number of ether oxygens (including phenoxy) is 3. The second-order valence-electron chi connectivity index (χ2n) is 7.31. The molecule has 0 atom stereocenters. The maximum Gasteiger partial charge on any atom is 0.255 e. The van der Waals surface area contributed by atoms with E-state index in [-0.39, 0.29) is 17.7 Å². The highest BCUT2D eigenvalue weighted by Gasteiger charge is 2.27. The second-order valence-corrected chi connectivity index (χ2v) is 7.31. The molecular formula is C22H24N2O5. The molecule has 2 aromatic carbocycles. The highest BCUT2D eigenvalue weighted by Crippen LogP contribution is 2.38. The molecule has 1 heterocycles. The largest absolute Gasteiger partial charge is 0.493 e. The first-order valence-corrected chi connectivity index (χ1v) is 9.67. The van der Waals surface area contributed by atoms with Crippen LogP contribution in [0.3, 0.4) is 0 Å². The molecule has 7 nitrogen and oxygen atoms in total. The van der Waals surface area contributed by atoms with Gasteiger partial charge in [-0.1, -0.05) is 12.5 Å². The fraction of sp³-hybridized carbons (Fsp3) is 0.364. The van der Waals surface area contributed by atoms with Crippen LogP contribution in [0.4, 0.5) is 11.4 Å². The molecule has 2 aliphatic rings. The van der Waals surface area contributed by atoms with Crippen molar-refractivity contribution >= 4 is 23.2 Å². The van der Waals surface area contributed by atoms with Gasteiger partial charge in [-0.25, -0.2) is 0 Å². The summed E-state index contributed by atoms with van der Waals surface area (Å²) in [6.45, 7) is 1.15. The molecule has 0 radical (unpaired) electrons. The summed E-state index contributed by atoms with van der Waals surface area (Å²) in [4.78, 5) is 25.3. The Morgan fingerprint density at radius 3 is 2.48 bits per heavy atom. The van der Waals surface area contributed by atoms with Crippen LogP contribution in [0.5, 0.6) is 11.5 Å². The van der Waals surface area contributed by atoms with E-state index < -0.39 is 0 Å². The molecule has 2 N–H and O–H groups in total. The van der Waals surface area contributed by atoms with E-state index in [0.717, 1.165) is 30.4 Å². The Hall–Kier alpha value is -3.06. The Labute approximate surface area is 169 Å². The van der Waals surface area contributed by atoms with Gasteiger partial charge in [-0.2, -0.15) is 0 Å². The molecule has 0 saturated heterocycles. The topological polar surface area (TPSA) is 85.9 Å². The van der Waals surface area contributed by atoms with Gasteiger partial charge in [-0.05, 0) is 48.2 Å². The van der Waals surface area contributed by atoms with E-state index in [0.29, 0.717) is 41.7 Å². The normalized spacial score (nSPS) is 15.2. The molecular weight excluding hydrogens is 372 g/mol. The summed E-state index contributed by atoms with van der Waals surface area (Å²) < 4.78 is 16.2. The van der Waals surface area contributed by atoms with Gasteiger partial charge in [-0.3, -0.25) is 9.59 Å². The molecule has 1 saturated carbocycles. The monoisotopic (exact) mass is 396 g/mol. The molecule has 0 bridgehead atoms. The molecule has 0 spiro atoms. The van der Waals surface area contributed by atoms with Crippen molar-refractivity contribution in [2.24, 2.45) is 5.92 Å². The Kier molecular flexibility index (Phi) is 5.40. The zero-order chi connectivity index (χ0) is 20.4. The first-order chi connectivity index (χ1) is 14.1. The van der Waals surface area contributed by atoms with Gasteiger partial charge in [0.05, 0.1) is 33.1 Å². The maximum absolute atomic E-state index is 12.9. The fourth-order valence-electron chi connectivity index (χ4n) is 3.55. The van der Waals surface area contributed by atoms with Crippen molar-refractivity contribution in [3.8, 4) is 11.5 Å². The smallest absolute Gasteiger partial charge is 0.255 e. The summed E-state index contributed by atoms with van der Waals surface area (Å²) in [5.74, 6) is 0.423. The van der Waals surface area contributed by atoms with Crippen molar-refractivity contribution in [3.63, 3.8) is 0 Å². The highest BCUT2D eigenvalue weighted by molar-refractivity contribution is 6.06. The molecule has 4 rings (SSSR count). The number of carbonyl (C=O) groups is 2. The van der Waals surface area contributed by atoms with Crippen molar-refractivity contribution in [3.05, 3.63) is 47.0 Å². The van der Waals surface area contributed by atoms with Crippen molar-refractivity contribution < 1.29 is 23.8 Å². The molecule has 0 unspecified atom stereocenters. The number of nitrogens with one attached hydrogen (secondary N) is 2. The third-order valence-electron chi connectivity index (χ3n) is 5.45. The minimum Gasteiger partial charge on any atom is -0.493 e. The summed E-state index contributed by atoms with van der Waals surface area (Å²) in [6, 6.07) is 8.94. The number of fused-ring (bicyclic) bond motifs is 1. The van der Waals surface area contributed by atoms with Crippen LogP contribution < -0.4 is 20.1 Å². The molecule has 7 heteroatoms. The SMILES string of the molecule is COc1cc(C(=O)Nc2ccc3c(c2)COC3)cc(NC(=O)C2CCC2)c1OC. The third kappa shape index (κ3) is 3.91. The Balaban J connectivity index is 1.59. The molecule has 1 aliphatic carbocycles. The summed E-state index contributed by atoms with van der Waals surface area (Å²) in [5, 5.41) is 5.79. The van der Waals surface area contributed by atoms with Gasteiger partial charge in [-0.15, -0.1) is 0 Å². The minimum absolute atomic E-state index is 0.0109. The van der Waals surface area contributed by atoms with Gasteiger partial charge in [0.25, 0.3) is 5.91 Å². The molecule has 1 aliphatic heterocycles. The third-order valence-corrected chi connectivity index (χ3v) is 5.45. The van der Waals surface area contributed by atoms with Crippen LogP contribution >= 0.6 is 0 Å². The minimum atomic E-state index is -0.302. The van der Waals surface area contributed by atoms with E-state index >= 15 is 0 Å². The number of anilines is 2. The fourth-order valence-corrected chi connectivity index (χ4v) is 3.55. The van der Waals surface area contributed by atoms with Crippen molar-refractivity contribution in [1.29, 1.82) is 0 Å². The number of hydrogen-bond donors (Lipinski definition) is 2. The predicted octanol–water partition coefficient (Wildman–Crippen LogP) is 3.72. The van der Waals surface area contributed by atoms with E-state index in [1.807, 2.05) is 18.2 Å². The lowest BCUT2D eigenvalue weighted by Crippen LogP contribution is -2.28. The van der Waals surface area contributed by atoms with Crippen LogP contribution in [-0.2, 0) is 22.7 Å². The number of rotatable bonds is 6. The van der Waals surface area contributed by atoms with Crippen LogP contribution in [0.25, 0.3) is 0 Å². The van der Waals surface area contributed by atoms with Crippen molar-refractivity contribution in [2.75, 3.05) is 24.9 Å². The zero-order valence-corrected chi connectivity index (χ0v) is 16.5. The number of amides is 2. The molecule has 1 fully saturated rings. The van der Waals surface area contributed by atoms with Crippen LogP contribution in [0, 0.1) is 5.92 Å². The average molecular weight is 396 g/mol. The van der Waals surface area contributed by atoms with Gasteiger partial charge < -0.3 is 24.8 Å². The van der Waals surface area contributed by atoms with Gasteiger partial charge in [0.15, 0.2) is 11.5 Å². The molecule has 2 amide bonds. The van der Waals surface area contributed by atoms with Crippen molar-refractivity contribution in [1.82, 2.24) is 0 Å². The van der Waals surface area contributed by atoms with Gasteiger partial charge in [0.1, 0.15) is 0 Å². The lowest BCUT2D eigenvalue weighted by atomic mass is 9.85. The summed E-state index contributed by atoms with van der Waals surface area (Å²) in [5.41, 5.74) is 3.69. The first-order valence-electron chi connectivity index (χ1n) is 9.67. The summed E-state index contributed by atoms with van der Waals surface area (Å²) >= 11 is 0. The Morgan fingerprint density at radius 2 is 1.79 bits per heavy atom. The molecule has 29 heavy (non-hydrogen) atoms. The van der Waals surface area contributed by atoms with E-state index in [4.69, 9.17) is 14.2 Å². The molecule has 0 aromatic heterocycles. The average Bonchev–Trinajstić information content (AvgIpc) is 3.13. The van der Waals surface area contributed by atoms with Crippen molar-refractivity contribution in [2.45, 2.75) is 32.5 Å². The number of methoxy groups -OCH3 is 2. The van der Waals surface area contributed by atoms with E-state index in [1.165, 1.54) is 14.2 Å². The zero-order valence-electron chi connectivity index (χ0n) is 16.5. The van der Waals surface area contributed by atoms with E-state index in [2.05, 4.69) is 10.6 Å². The second kappa shape index (κ2) is 8.13. The van der Waals surface area contributed by atoms with Gasteiger partial charge in [0.2, 0.25) is 5.91 Å². The molecule has 2 aromatic rings. The predicted molar refractivity (Wildman–Crippen MR) is 108 cm³/mol. The van der Waals surface area contributed by atoms with Crippen LogP contribution in [-0.4, -0.2) is 26.0 Å². The highest BCUT2D eigenvalue weighted by atomic mass is 16.5. The lowest BCUT2D eigenvalue weighted by Gasteiger charge is -2.25. The number of hydrogen-bond acceptors (Lipinski definition) is 5. The maximum atomic E-state index is 12.9. The van der Waals surface area contributed by atoms with E-state index in [9.17, 15) is 9.59 Å². The Bertz CT molecular complexity index is 952. The van der Waals surface area contributed by atoms with Crippen LogP contribution in [0.2, 0.25) is 0 Å². The van der Waals surface area contributed by atoms with Crippen LogP contribution in [0.1, 0.15) is 40.7 Å². The standard InChI is InChI=1S/C22H24N2O5/c1-27-19-10-15(9-18(20(19)28-2)24-21(25)13-4-3-5-13)22(26)23-17-7-6-14-11-29-12-16(14)8-17/h6-10,13H,3-5,11-12H2,1-2H3,(H,23,26)(H,24,25). The molecule has 152 valence electrons. The summed E-state index contributed by atoms with van der Waals surface area (Å²) in [6.07, 6.45) is 2.83. The van der Waals surface area contributed by atoms with Gasteiger partial charge in [0, 0.05) is 17.2 Å². The van der Waals surface area contributed by atoms with Gasteiger partial charge >= 0.3 is 0 Å². The lowest BCUT2D eigenvalue weighted by molar-refractivity contribution is -0.122. The quantitative estimate of drug-likeness (QED) is 0.777. The Morgan fingerprint density at radius 1 is 1.00 bits per heavy atom. The number of benzene rings is 2. The van der Waals surface area contributed by atoms with Crippen LogP contribution in [0.15, 0.2) is 30.3 Å². The number of carbonyl (C=O) groups excluding carboxylic acids is 2. The first kappa shape index (κ1) is 19.3. The summed E-state index contributed by atoms with van der Waals surface area (Å²) in [7, 11) is 3.00. The van der Waals surface area contributed by atoms with E-state index in [1.54, 1.807) is 12.1 Å².